The summed E-state index contributed by atoms with van der Waals surface area (Å²) in [5, 5.41) is 6.17. The lowest BCUT2D eigenvalue weighted by molar-refractivity contribution is 0.0920. The molecule has 1 saturated heterocycles. The molecule has 170 valence electrons. The fourth-order valence-electron chi connectivity index (χ4n) is 4.64. The number of rotatable bonds is 6. The van der Waals surface area contributed by atoms with E-state index in [9.17, 15) is 9.59 Å². The van der Waals surface area contributed by atoms with E-state index in [2.05, 4.69) is 15.5 Å². The number of anilines is 1. The smallest absolute Gasteiger partial charge is 0.255 e. The Bertz CT molecular complexity index is 951. The van der Waals surface area contributed by atoms with Crippen molar-refractivity contribution in [1.29, 1.82) is 0 Å². The Hall–Kier alpha value is -2.70. The average Bonchev–Trinajstić information content (AvgIpc) is 3.30. The van der Waals surface area contributed by atoms with Gasteiger partial charge < -0.3 is 16.4 Å². The maximum Gasteiger partial charge on any atom is 0.255 e. The van der Waals surface area contributed by atoms with Gasteiger partial charge in [0.15, 0.2) is 0 Å². The van der Waals surface area contributed by atoms with Crippen LogP contribution in [-0.4, -0.2) is 41.9 Å². The molecule has 0 radical (unpaired) electrons. The van der Waals surface area contributed by atoms with E-state index < -0.39 is 0 Å². The maximum atomic E-state index is 13.0. The molecule has 1 saturated carbocycles. The Morgan fingerprint density at radius 2 is 1.62 bits per heavy atom. The van der Waals surface area contributed by atoms with Crippen LogP contribution in [0.1, 0.15) is 70.4 Å². The molecule has 2 aromatic carbocycles. The number of likely N-dealkylation sites (tertiary alicyclic amines) is 1. The number of nitrogens with one attached hydrogen (secondary N) is 2. The highest BCUT2D eigenvalue weighted by atomic mass is 16.2. The zero-order valence-corrected chi connectivity index (χ0v) is 18.9. The van der Waals surface area contributed by atoms with E-state index in [4.69, 9.17) is 5.73 Å². The number of carbonyl (C=O) groups is 2. The highest BCUT2D eigenvalue weighted by Gasteiger charge is 2.24. The molecule has 6 nitrogen and oxygen atoms in total. The highest BCUT2D eigenvalue weighted by molar-refractivity contribution is 6.05. The molecule has 0 bridgehead atoms. The van der Waals surface area contributed by atoms with Gasteiger partial charge in [-0.05, 0) is 75.5 Å². The first-order valence-corrected chi connectivity index (χ1v) is 11.8. The van der Waals surface area contributed by atoms with Gasteiger partial charge in [0, 0.05) is 35.4 Å². The number of nitrogens with two attached hydrogens (primary N) is 1. The highest BCUT2D eigenvalue weighted by Crippen LogP contribution is 2.24. The maximum absolute atomic E-state index is 13.0. The summed E-state index contributed by atoms with van der Waals surface area (Å²) >= 11 is 0. The molecule has 1 aliphatic carbocycles. The summed E-state index contributed by atoms with van der Waals surface area (Å²) in [6.45, 7) is 4.88. The molecule has 1 aliphatic heterocycles. The minimum Gasteiger partial charge on any atom is -0.348 e. The number of carbonyl (C=O) groups excluding carboxylic acids is 2. The number of hydrogen-bond donors (Lipinski definition) is 3. The van der Waals surface area contributed by atoms with Crippen molar-refractivity contribution in [2.24, 2.45) is 5.73 Å². The second-order valence-electron chi connectivity index (χ2n) is 9.20. The summed E-state index contributed by atoms with van der Waals surface area (Å²) in [5.74, 6) is -0.301. The number of benzene rings is 2. The topological polar surface area (TPSA) is 87.5 Å². The monoisotopic (exact) mass is 434 g/mol. The van der Waals surface area contributed by atoms with Gasteiger partial charge in [0.25, 0.3) is 11.8 Å². The lowest BCUT2D eigenvalue weighted by atomic mass is 9.91. The predicted octanol–water partition coefficient (Wildman–Crippen LogP) is 3.84. The van der Waals surface area contributed by atoms with Crippen molar-refractivity contribution in [2.75, 3.05) is 18.4 Å². The average molecular weight is 435 g/mol. The molecule has 32 heavy (non-hydrogen) atoms. The minimum absolute atomic E-state index is 0.00264. The summed E-state index contributed by atoms with van der Waals surface area (Å²) in [6, 6.07) is 13.2. The lowest BCUT2D eigenvalue weighted by Gasteiger charge is -2.29. The molecule has 2 fully saturated rings. The van der Waals surface area contributed by atoms with Gasteiger partial charge in [-0.15, -0.1) is 0 Å². The molecule has 0 spiro atoms. The van der Waals surface area contributed by atoms with Crippen molar-refractivity contribution in [3.05, 3.63) is 64.7 Å². The van der Waals surface area contributed by atoms with Crippen LogP contribution in [0, 0.1) is 6.92 Å². The van der Waals surface area contributed by atoms with Crippen molar-refractivity contribution < 1.29 is 9.59 Å². The van der Waals surface area contributed by atoms with Crippen molar-refractivity contribution in [3.63, 3.8) is 0 Å². The van der Waals surface area contributed by atoms with Crippen LogP contribution in [0.4, 0.5) is 5.69 Å². The molecule has 2 atom stereocenters. The second kappa shape index (κ2) is 10.3. The molecule has 2 unspecified atom stereocenters. The van der Waals surface area contributed by atoms with Crippen LogP contribution < -0.4 is 16.4 Å². The van der Waals surface area contributed by atoms with E-state index in [1.54, 1.807) is 6.07 Å². The van der Waals surface area contributed by atoms with E-state index in [-0.39, 0.29) is 23.9 Å². The molecule has 0 aromatic heterocycles. The van der Waals surface area contributed by atoms with Crippen molar-refractivity contribution in [2.45, 2.75) is 64.1 Å². The summed E-state index contributed by atoms with van der Waals surface area (Å²) in [5.41, 5.74) is 10.2. The first-order chi connectivity index (χ1) is 15.5. The molecule has 4 N–H and O–H groups in total. The zero-order chi connectivity index (χ0) is 22.5. The first-order valence-electron chi connectivity index (χ1n) is 11.8. The number of aryl methyl sites for hydroxylation is 1. The molecule has 4 rings (SSSR count). The van der Waals surface area contributed by atoms with Crippen LogP contribution in [0.2, 0.25) is 0 Å². The largest absolute Gasteiger partial charge is 0.348 e. The van der Waals surface area contributed by atoms with Crippen LogP contribution in [0.25, 0.3) is 0 Å². The van der Waals surface area contributed by atoms with E-state index in [1.165, 1.54) is 12.8 Å². The summed E-state index contributed by atoms with van der Waals surface area (Å²) < 4.78 is 0. The fourth-order valence-corrected chi connectivity index (χ4v) is 4.64. The van der Waals surface area contributed by atoms with Crippen LogP contribution in [0.5, 0.6) is 0 Å². The van der Waals surface area contributed by atoms with Crippen molar-refractivity contribution in [3.8, 4) is 0 Å². The summed E-state index contributed by atoms with van der Waals surface area (Å²) in [4.78, 5) is 28.3. The Morgan fingerprint density at radius 1 is 0.938 bits per heavy atom. The third-order valence-electron chi connectivity index (χ3n) is 6.66. The molecule has 6 heteroatoms. The molecule has 2 amide bonds. The Kier molecular flexibility index (Phi) is 7.22. The quantitative estimate of drug-likeness (QED) is 0.645. The van der Waals surface area contributed by atoms with E-state index >= 15 is 0 Å². The van der Waals surface area contributed by atoms with Gasteiger partial charge in [-0.2, -0.15) is 0 Å². The van der Waals surface area contributed by atoms with Gasteiger partial charge in [-0.3, -0.25) is 14.5 Å². The third kappa shape index (κ3) is 5.56. The Labute approximate surface area is 190 Å². The molecule has 1 heterocycles. The standard InChI is InChI=1S/C26H34N4O2/c1-18-8-10-19(11-9-18)25(31)29-24-16-20(12-13-21(24)17-30-14-4-5-15-30)26(32)28-23-7-3-2-6-22(23)27/h8-13,16,22-23H,2-7,14-15,17,27H2,1H3,(H,28,32)(H,29,31). The van der Waals surface area contributed by atoms with Gasteiger partial charge in [0.2, 0.25) is 0 Å². The molecular weight excluding hydrogens is 400 g/mol. The first kappa shape index (κ1) is 22.5. The summed E-state index contributed by atoms with van der Waals surface area (Å²) in [7, 11) is 0. The Morgan fingerprint density at radius 3 is 2.34 bits per heavy atom. The second-order valence-corrected chi connectivity index (χ2v) is 9.20. The van der Waals surface area contributed by atoms with Crippen LogP contribution in [0.15, 0.2) is 42.5 Å². The van der Waals surface area contributed by atoms with E-state index in [0.29, 0.717) is 16.8 Å². The molecule has 2 aliphatic rings. The Balaban J connectivity index is 1.54. The number of hydrogen-bond acceptors (Lipinski definition) is 4. The molecular formula is C26H34N4O2. The van der Waals surface area contributed by atoms with Crippen LogP contribution in [-0.2, 0) is 6.54 Å². The van der Waals surface area contributed by atoms with Crippen molar-refractivity contribution in [1.82, 2.24) is 10.2 Å². The number of nitrogens with zero attached hydrogens (tertiary/aromatic N) is 1. The molecule has 2 aromatic rings. The minimum atomic E-state index is -0.167. The van der Waals surface area contributed by atoms with E-state index in [0.717, 1.165) is 56.4 Å². The number of amides is 2. The normalized spacial score (nSPS) is 21.3. The third-order valence-corrected chi connectivity index (χ3v) is 6.66. The van der Waals surface area contributed by atoms with Crippen LogP contribution >= 0.6 is 0 Å². The lowest BCUT2D eigenvalue weighted by Crippen LogP contribution is -2.49. The van der Waals surface area contributed by atoms with Gasteiger partial charge in [0.05, 0.1) is 0 Å². The van der Waals surface area contributed by atoms with Gasteiger partial charge in [-0.25, -0.2) is 0 Å². The van der Waals surface area contributed by atoms with Crippen LogP contribution in [0.3, 0.4) is 0 Å². The summed E-state index contributed by atoms with van der Waals surface area (Å²) in [6.07, 6.45) is 6.47. The predicted molar refractivity (Wildman–Crippen MR) is 128 cm³/mol. The SMILES string of the molecule is Cc1ccc(C(=O)Nc2cc(C(=O)NC3CCCCC3N)ccc2CN2CCCC2)cc1. The van der Waals surface area contributed by atoms with E-state index in [1.807, 2.05) is 43.3 Å². The van der Waals surface area contributed by atoms with Gasteiger partial charge >= 0.3 is 0 Å². The fraction of sp³-hybridized carbons (Fsp3) is 0.462. The van der Waals surface area contributed by atoms with Gasteiger partial charge in [-0.1, -0.05) is 36.6 Å². The van der Waals surface area contributed by atoms with Crippen molar-refractivity contribution >= 4 is 17.5 Å². The zero-order valence-electron chi connectivity index (χ0n) is 18.9. The van der Waals surface area contributed by atoms with Gasteiger partial charge in [0.1, 0.15) is 0 Å².